The number of thioether (sulfide) groups is 1. The van der Waals surface area contributed by atoms with Crippen LogP contribution >= 0.6 is 23.1 Å². The van der Waals surface area contributed by atoms with Crippen molar-refractivity contribution < 1.29 is 9.53 Å². The summed E-state index contributed by atoms with van der Waals surface area (Å²) in [6.45, 7) is 0. The molecular formula is C26H25N3O3S2. The first-order valence-corrected chi connectivity index (χ1v) is 13.1. The standard InChI is InChI=1S/C26H25N3O3S2/c1-32-19-13-11-17(12-14-19)27-22(30)15-16-33-26-28-24-23(20-9-5-6-10-21(20)34-24)25(31)29(26)18-7-3-2-4-8-18/h2-4,7-8,11-14H,5-6,9-10,15-16H2,1H3,(H,27,30). The number of aryl methyl sites for hydroxylation is 2. The fourth-order valence-electron chi connectivity index (χ4n) is 4.22. The number of ether oxygens (including phenoxy) is 1. The number of amides is 1. The minimum atomic E-state index is -0.0843. The van der Waals surface area contributed by atoms with E-state index in [1.165, 1.54) is 22.2 Å². The summed E-state index contributed by atoms with van der Waals surface area (Å²) < 4.78 is 6.86. The smallest absolute Gasteiger partial charge is 0.267 e. The largest absolute Gasteiger partial charge is 0.497 e. The average molecular weight is 492 g/mol. The van der Waals surface area contributed by atoms with E-state index in [1.54, 1.807) is 23.0 Å². The van der Waals surface area contributed by atoms with Crippen LogP contribution < -0.4 is 15.6 Å². The van der Waals surface area contributed by atoms with Gasteiger partial charge < -0.3 is 10.1 Å². The van der Waals surface area contributed by atoms with Gasteiger partial charge in [-0.3, -0.25) is 14.2 Å². The van der Waals surface area contributed by atoms with Gasteiger partial charge in [0.15, 0.2) is 5.16 Å². The zero-order valence-electron chi connectivity index (χ0n) is 18.9. The molecule has 0 fully saturated rings. The summed E-state index contributed by atoms with van der Waals surface area (Å²) in [5.74, 6) is 1.17. The van der Waals surface area contributed by atoms with Gasteiger partial charge in [-0.2, -0.15) is 0 Å². The van der Waals surface area contributed by atoms with Crippen molar-refractivity contribution in [2.24, 2.45) is 0 Å². The lowest BCUT2D eigenvalue weighted by Crippen LogP contribution is -2.22. The molecule has 174 valence electrons. The van der Waals surface area contributed by atoms with Gasteiger partial charge in [-0.1, -0.05) is 30.0 Å². The Labute approximate surface area is 206 Å². The molecule has 0 saturated carbocycles. The van der Waals surface area contributed by atoms with Crippen LogP contribution in [0.3, 0.4) is 0 Å². The maximum atomic E-state index is 13.7. The Balaban J connectivity index is 1.39. The third-order valence-electron chi connectivity index (χ3n) is 5.91. The first-order chi connectivity index (χ1) is 16.6. The number of hydrogen-bond donors (Lipinski definition) is 1. The number of hydrogen-bond acceptors (Lipinski definition) is 6. The summed E-state index contributed by atoms with van der Waals surface area (Å²) in [6, 6.07) is 16.9. The van der Waals surface area contributed by atoms with Gasteiger partial charge in [-0.25, -0.2) is 4.98 Å². The van der Waals surface area contributed by atoms with E-state index in [4.69, 9.17) is 9.72 Å². The highest BCUT2D eigenvalue weighted by molar-refractivity contribution is 7.99. The van der Waals surface area contributed by atoms with Gasteiger partial charge in [-0.05, 0) is 67.6 Å². The van der Waals surface area contributed by atoms with Crippen molar-refractivity contribution >= 4 is 44.9 Å². The first-order valence-electron chi connectivity index (χ1n) is 11.3. The zero-order chi connectivity index (χ0) is 23.5. The van der Waals surface area contributed by atoms with Crippen LogP contribution in [0.5, 0.6) is 5.75 Å². The number of anilines is 1. The van der Waals surface area contributed by atoms with Crippen LogP contribution in [0.1, 0.15) is 29.7 Å². The number of fused-ring (bicyclic) bond motifs is 3. The van der Waals surface area contributed by atoms with Gasteiger partial charge in [0.05, 0.1) is 18.2 Å². The minimum Gasteiger partial charge on any atom is -0.497 e. The lowest BCUT2D eigenvalue weighted by Gasteiger charge is -2.13. The van der Waals surface area contributed by atoms with Crippen LogP contribution in [0.4, 0.5) is 5.69 Å². The Hall–Kier alpha value is -3.10. The highest BCUT2D eigenvalue weighted by atomic mass is 32.2. The molecular weight excluding hydrogens is 466 g/mol. The maximum Gasteiger partial charge on any atom is 0.267 e. The molecule has 6 nitrogen and oxygen atoms in total. The predicted octanol–water partition coefficient (Wildman–Crippen LogP) is 5.46. The molecule has 0 spiro atoms. The van der Waals surface area contributed by atoms with E-state index in [0.29, 0.717) is 17.3 Å². The van der Waals surface area contributed by atoms with Gasteiger partial charge in [-0.15, -0.1) is 11.3 Å². The second-order valence-electron chi connectivity index (χ2n) is 8.14. The van der Waals surface area contributed by atoms with E-state index < -0.39 is 0 Å². The Bertz CT molecular complexity index is 1380. The SMILES string of the molecule is COc1ccc(NC(=O)CCSc2nc3sc4c(c3c(=O)n2-c2ccccc2)CCCC4)cc1. The van der Waals surface area contributed by atoms with E-state index in [1.807, 2.05) is 54.6 Å². The Morgan fingerprint density at radius 2 is 1.88 bits per heavy atom. The fourth-order valence-corrected chi connectivity index (χ4v) is 6.47. The molecule has 0 unspecified atom stereocenters. The minimum absolute atomic E-state index is 0.0132. The predicted molar refractivity (Wildman–Crippen MR) is 139 cm³/mol. The highest BCUT2D eigenvalue weighted by Crippen LogP contribution is 2.35. The molecule has 1 N–H and O–H groups in total. The Morgan fingerprint density at radius 3 is 2.65 bits per heavy atom. The number of carbonyl (C=O) groups excluding carboxylic acids is 1. The van der Waals surface area contributed by atoms with E-state index >= 15 is 0 Å². The Kier molecular flexibility index (Phi) is 6.69. The molecule has 34 heavy (non-hydrogen) atoms. The molecule has 0 saturated heterocycles. The second kappa shape index (κ2) is 10.0. The summed E-state index contributed by atoms with van der Waals surface area (Å²) in [5, 5.41) is 4.30. The van der Waals surface area contributed by atoms with Gasteiger partial charge in [0.1, 0.15) is 10.6 Å². The third kappa shape index (κ3) is 4.60. The van der Waals surface area contributed by atoms with E-state index in [9.17, 15) is 9.59 Å². The second-order valence-corrected chi connectivity index (χ2v) is 10.3. The highest BCUT2D eigenvalue weighted by Gasteiger charge is 2.23. The molecule has 0 bridgehead atoms. The van der Waals surface area contributed by atoms with Crippen molar-refractivity contribution in [1.82, 2.24) is 9.55 Å². The van der Waals surface area contributed by atoms with Crippen molar-refractivity contribution in [3.05, 3.63) is 75.4 Å². The topological polar surface area (TPSA) is 73.2 Å². The van der Waals surface area contributed by atoms with E-state index in [0.717, 1.165) is 53.0 Å². The molecule has 2 aromatic carbocycles. The van der Waals surface area contributed by atoms with E-state index in [2.05, 4.69) is 5.32 Å². The molecule has 5 rings (SSSR count). The van der Waals surface area contributed by atoms with Crippen LogP contribution in [-0.4, -0.2) is 28.3 Å². The summed E-state index contributed by atoms with van der Waals surface area (Å²) in [7, 11) is 1.61. The number of thiophene rings is 1. The number of benzene rings is 2. The third-order valence-corrected chi connectivity index (χ3v) is 8.03. The fraction of sp³-hybridized carbons (Fsp3) is 0.269. The molecule has 4 aromatic rings. The van der Waals surface area contributed by atoms with Crippen LogP contribution in [0, 0.1) is 0 Å². The molecule has 2 heterocycles. The van der Waals surface area contributed by atoms with Crippen molar-refractivity contribution in [3.8, 4) is 11.4 Å². The molecule has 1 aliphatic carbocycles. The molecule has 0 atom stereocenters. The number of rotatable bonds is 7. The number of nitrogens with one attached hydrogen (secondary N) is 1. The van der Waals surface area contributed by atoms with Crippen LogP contribution in [0.15, 0.2) is 64.5 Å². The summed E-state index contributed by atoms with van der Waals surface area (Å²) in [6.07, 6.45) is 4.55. The van der Waals surface area contributed by atoms with Crippen molar-refractivity contribution in [2.75, 3.05) is 18.2 Å². The summed E-state index contributed by atoms with van der Waals surface area (Å²) >= 11 is 3.09. The van der Waals surface area contributed by atoms with E-state index in [-0.39, 0.29) is 11.5 Å². The normalized spacial score (nSPS) is 13.0. The van der Waals surface area contributed by atoms with Gasteiger partial charge >= 0.3 is 0 Å². The van der Waals surface area contributed by atoms with Gasteiger partial charge in [0.2, 0.25) is 5.91 Å². The molecule has 1 amide bonds. The van der Waals surface area contributed by atoms with Gasteiger partial charge in [0, 0.05) is 22.7 Å². The van der Waals surface area contributed by atoms with Gasteiger partial charge in [0.25, 0.3) is 5.56 Å². The zero-order valence-corrected chi connectivity index (χ0v) is 20.5. The molecule has 0 aliphatic heterocycles. The monoisotopic (exact) mass is 491 g/mol. The number of methoxy groups -OCH3 is 1. The maximum absolute atomic E-state index is 13.7. The molecule has 8 heteroatoms. The first kappa shape index (κ1) is 22.7. The lowest BCUT2D eigenvalue weighted by molar-refractivity contribution is -0.115. The van der Waals surface area contributed by atoms with Crippen LogP contribution in [-0.2, 0) is 17.6 Å². The van der Waals surface area contributed by atoms with Crippen molar-refractivity contribution in [3.63, 3.8) is 0 Å². The number of carbonyl (C=O) groups is 1. The molecule has 2 aromatic heterocycles. The lowest BCUT2D eigenvalue weighted by atomic mass is 9.97. The molecule has 0 radical (unpaired) electrons. The number of nitrogens with zero attached hydrogens (tertiary/aromatic N) is 2. The Morgan fingerprint density at radius 1 is 1.12 bits per heavy atom. The number of aromatic nitrogens is 2. The average Bonchev–Trinajstić information content (AvgIpc) is 3.24. The quantitative estimate of drug-likeness (QED) is 0.275. The van der Waals surface area contributed by atoms with Crippen LogP contribution in [0.2, 0.25) is 0 Å². The van der Waals surface area contributed by atoms with Crippen molar-refractivity contribution in [2.45, 2.75) is 37.3 Å². The van der Waals surface area contributed by atoms with Crippen LogP contribution in [0.25, 0.3) is 15.9 Å². The summed E-state index contributed by atoms with van der Waals surface area (Å²) in [4.78, 5) is 33.2. The molecule has 1 aliphatic rings. The van der Waals surface area contributed by atoms with Crippen molar-refractivity contribution in [1.29, 1.82) is 0 Å². The number of para-hydroxylation sites is 1. The summed E-state index contributed by atoms with van der Waals surface area (Å²) in [5.41, 5.74) is 2.69.